The SMILES string of the molecule is CO[C@H]1[C@@H](O)[C@H](n2cnc3c(=O)[nH]ncc32)O[C@@H]1CO. The second-order valence-electron chi connectivity index (χ2n) is 4.52. The largest absolute Gasteiger partial charge is 0.394 e. The van der Waals surface area contributed by atoms with Crippen LogP contribution in [0.25, 0.3) is 11.0 Å². The molecule has 0 unspecified atom stereocenters. The van der Waals surface area contributed by atoms with Gasteiger partial charge in [-0.05, 0) is 0 Å². The van der Waals surface area contributed by atoms with E-state index in [1.54, 1.807) is 0 Å². The number of aromatic amines is 1. The summed E-state index contributed by atoms with van der Waals surface area (Å²) in [4.78, 5) is 15.6. The Hall–Kier alpha value is -1.81. The minimum absolute atomic E-state index is 0.206. The van der Waals surface area contributed by atoms with Crippen molar-refractivity contribution < 1.29 is 19.7 Å². The van der Waals surface area contributed by atoms with Crippen molar-refractivity contribution >= 4 is 11.0 Å². The molecule has 1 aliphatic heterocycles. The first-order chi connectivity index (χ1) is 9.67. The minimum Gasteiger partial charge on any atom is -0.394 e. The van der Waals surface area contributed by atoms with Crippen LogP contribution in [-0.2, 0) is 9.47 Å². The van der Waals surface area contributed by atoms with Crippen LogP contribution in [0, 0.1) is 0 Å². The Labute approximate surface area is 112 Å². The van der Waals surface area contributed by atoms with Gasteiger partial charge in [-0.25, -0.2) is 10.1 Å². The fraction of sp³-hybridized carbons (Fsp3) is 0.545. The maximum atomic E-state index is 11.6. The van der Waals surface area contributed by atoms with E-state index in [0.717, 1.165) is 0 Å². The summed E-state index contributed by atoms with van der Waals surface area (Å²) in [6.45, 7) is -0.280. The first-order valence-corrected chi connectivity index (χ1v) is 6.04. The number of ether oxygens (including phenoxy) is 2. The van der Waals surface area contributed by atoms with Crippen LogP contribution in [0.1, 0.15) is 6.23 Å². The lowest BCUT2D eigenvalue weighted by molar-refractivity contribution is -0.0534. The summed E-state index contributed by atoms with van der Waals surface area (Å²) >= 11 is 0. The maximum absolute atomic E-state index is 11.6. The highest BCUT2D eigenvalue weighted by molar-refractivity contribution is 5.72. The van der Waals surface area contributed by atoms with Crippen LogP contribution in [0.5, 0.6) is 0 Å². The molecule has 4 atom stereocenters. The molecule has 1 fully saturated rings. The molecule has 3 rings (SSSR count). The van der Waals surface area contributed by atoms with Gasteiger partial charge in [-0.3, -0.25) is 9.36 Å². The molecule has 0 saturated carbocycles. The van der Waals surface area contributed by atoms with Crippen LogP contribution < -0.4 is 5.56 Å². The van der Waals surface area contributed by atoms with Crippen LogP contribution in [0.15, 0.2) is 17.3 Å². The second kappa shape index (κ2) is 4.94. The van der Waals surface area contributed by atoms with E-state index >= 15 is 0 Å². The van der Waals surface area contributed by atoms with Crippen LogP contribution in [0.4, 0.5) is 0 Å². The highest BCUT2D eigenvalue weighted by Gasteiger charge is 2.45. The zero-order valence-electron chi connectivity index (χ0n) is 10.6. The number of aliphatic hydroxyl groups is 2. The predicted octanol–water partition coefficient (Wildman–Crippen LogP) is -1.61. The summed E-state index contributed by atoms with van der Waals surface area (Å²) in [5.41, 5.74) is 0.221. The fourth-order valence-electron chi connectivity index (χ4n) is 2.47. The van der Waals surface area contributed by atoms with Gasteiger partial charge in [0.15, 0.2) is 11.7 Å². The van der Waals surface area contributed by atoms with E-state index in [1.807, 2.05) is 0 Å². The minimum atomic E-state index is -0.992. The average Bonchev–Trinajstić information content (AvgIpc) is 3.00. The van der Waals surface area contributed by atoms with Gasteiger partial charge in [0.2, 0.25) is 0 Å². The van der Waals surface area contributed by atoms with Crippen molar-refractivity contribution in [2.75, 3.05) is 13.7 Å². The molecule has 2 aromatic rings. The predicted molar refractivity (Wildman–Crippen MR) is 65.9 cm³/mol. The van der Waals surface area contributed by atoms with E-state index in [2.05, 4.69) is 15.2 Å². The van der Waals surface area contributed by atoms with Gasteiger partial charge in [0.1, 0.15) is 18.3 Å². The molecule has 9 heteroatoms. The lowest BCUT2D eigenvalue weighted by atomic mass is 10.1. The van der Waals surface area contributed by atoms with Crippen LogP contribution in [-0.4, -0.2) is 62.0 Å². The number of hydrogen-bond donors (Lipinski definition) is 3. The number of fused-ring (bicyclic) bond motifs is 1. The van der Waals surface area contributed by atoms with Crippen molar-refractivity contribution in [3.8, 4) is 0 Å². The van der Waals surface area contributed by atoms with Gasteiger partial charge >= 0.3 is 0 Å². The molecule has 1 aliphatic rings. The van der Waals surface area contributed by atoms with Crippen LogP contribution in [0.2, 0.25) is 0 Å². The van der Waals surface area contributed by atoms with Crippen molar-refractivity contribution in [3.05, 3.63) is 22.9 Å². The lowest BCUT2D eigenvalue weighted by Crippen LogP contribution is -2.35. The molecular weight excluding hydrogens is 268 g/mol. The third kappa shape index (κ3) is 1.83. The Morgan fingerprint density at radius 1 is 1.60 bits per heavy atom. The van der Waals surface area contributed by atoms with E-state index in [0.29, 0.717) is 5.52 Å². The molecule has 9 nitrogen and oxygen atoms in total. The number of rotatable bonds is 3. The molecule has 0 aromatic carbocycles. The number of aromatic nitrogens is 4. The molecule has 0 bridgehead atoms. The summed E-state index contributed by atoms with van der Waals surface area (Å²) in [5, 5.41) is 25.5. The number of imidazole rings is 1. The van der Waals surface area contributed by atoms with Crippen LogP contribution >= 0.6 is 0 Å². The normalized spacial score (nSPS) is 30.1. The Morgan fingerprint density at radius 2 is 2.40 bits per heavy atom. The van der Waals surface area contributed by atoms with Gasteiger partial charge in [-0.1, -0.05) is 0 Å². The number of methoxy groups -OCH3 is 1. The monoisotopic (exact) mass is 282 g/mol. The first-order valence-electron chi connectivity index (χ1n) is 6.04. The number of nitrogens with zero attached hydrogens (tertiary/aromatic N) is 3. The smallest absolute Gasteiger partial charge is 0.292 e. The third-order valence-electron chi connectivity index (χ3n) is 3.44. The first kappa shape index (κ1) is 13.2. The van der Waals surface area contributed by atoms with E-state index in [1.165, 1.54) is 24.2 Å². The van der Waals surface area contributed by atoms with Crippen molar-refractivity contribution in [1.82, 2.24) is 19.7 Å². The quantitative estimate of drug-likeness (QED) is 0.618. The van der Waals surface area contributed by atoms with E-state index in [9.17, 15) is 15.0 Å². The topological polar surface area (TPSA) is 122 Å². The molecule has 108 valence electrons. The lowest BCUT2D eigenvalue weighted by Gasteiger charge is -2.18. The summed E-state index contributed by atoms with van der Waals surface area (Å²) in [6, 6.07) is 0. The third-order valence-corrected chi connectivity index (χ3v) is 3.44. The molecular formula is C11H14N4O5. The molecule has 0 aliphatic carbocycles. The number of hydrogen-bond acceptors (Lipinski definition) is 7. The van der Waals surface area contributed by atoms with E-state index in [-0.39, 0.29) is 12.1 Å². The summed E-state index contributed by atoms with van der Waals surface area (Å²) < 4.78 is 12.2. The van der Waals surface area contributed by atoms with Gasteiger partial charge in [-0.15, -0.1) is 0 Å². The zero-order valence-corrected chi connectivity index (χ0v) is 10.6. The molecule has 20 heavy (non-hydrogen) atoms. The number of aliphatic hydroxyl groups excluding tert-OH is 2. The summed E-state index contributed by atoms with van der Waals surface area (Å²) in [7, 11) is 1.43. The summed E-state index contributed by atoms with van der Waals surface area (Å²) in [5.74, 6) is 0. The van der Waals surface area contributed by atoms with Crippen molar-refractivity contribution in [3.63, 3.8) is 0 Å². The number of H-pyrrole nitrogens is 1. The van der Waals surface area contributed by atoms with E-state index in [4.69, 9.17) is 9.47 Å². The van der Waals surface area contributed by atoms with Gasteiger partial charge in [0.25, 0.3) is 5.56 Å². The maximum Gasteiger partial charge on any atom is 0.292 e. The number of nitrogens with one attached hydrogen (secondary N) is 1. The second-order valence-corrected chi connectivity index (χ2v) is 4.52. The fourth-order valence-corrected chi connectivity index (χ4v) is 2.47. The molecule has 1 saturated heterocycles. The molecule has 0 radical (unpaired) electrons. The Bertz CT molecular complexity index is 668. The molecule has 0 spiro atoms. The van der Waals surface area contributed by atoms with Gasteiger partial charge in [0.05, 0.1) is 24.6 Å². The van der Waals surface area contributed by atoms with Crippen molar-refractivity contribution in [2.24, 2.45) is 0 Å². The van der Waals surface area contributed by atoms with Crippen molar-refractivity contribution in [1.29, 1.82) is 0 Å². The zero-order chi connectivity index (χ0) is 14.3. The van der Waals surface area contributed by atoms with Gasteiger partial charge < -0.3 is 19.7 Å². The molecule has 0 amide bonds. The van der Waals surface area contributed by atoms with Gasteiger partial charge in [-0.2, -0.15) is 5.10 Å². The highest BCUT2D eigenvalue weighted by Crippen LogP contribution is 2.32. The molecule has 3 N–H and O–H groups in total. The Morgan fingerprint density at radius 3 is 3.05 bits per heavy atom. The summed E-state index contributed by atoms with van der Waals surface area (Å²) in [6.07, 6.45) is -0.278. The molecule has 3 heterocycles. The van der Waals surface area contributed by atoms with Crippen molar-refractivity contribution in [2.45, 2.75) is 24.5 Å². The average molecular weight is 282 g/mol. The Balaban J connectivity index is 2.04. The van der Waals surface area contributed by atoms with Crippen LogP contribution in [0.3, 0.4) is 0 Å². The molecule has 2 aromatic heterocycles. The van der Waals surface area contributed by atoms with Gasteiger partial charge in [0, 0.05) is 7.11 Å². The Kier molecular flexibility index (Phi) is 3.26. The highest BCUT2D eigenvalue weighted by atomic mass is 16.6. The standard InChI is InChI=1S/C11H14N4O5/c1-19-9-6(3-16)20-11(8(9)17)15-4-12-7-5(15)2-13-14-10(7)18/h2,4,6,8-9,11,16-17H,3H2,1H3,(H,14,18)/t6-,8-,9-,11-/m1/s1. The van der Waals surface area contributed by atoms with E-state index < -0.39 is 30.1 Å².